The van der Waals surface area contributed by atoms with E-state index in [1.165, 1.54) is 41.3 Å². The first kappa shape index (κ1) is 30.4. The van der Waals surface area contributed by atoms with Crippen LogP contribution < -0.4 is 10.5 Å². The Morgan fingerprint density at radius 1 is 0.977 bits per heavy atom. The van der Waals surface area contributed by atoms with Gasteiger partial charge in [0.1, 0.15) is 5.75 Å². The van der Waals surface area contributed by atoms with E-state index in [2.05, 4.69) is 15.9 Å². The van der Waals surface area contributed by atoms with E-state index in [0.29, 0.717) is 45.6 Å². The van der Waals surface area contributed by atoms with Crippen molar-refractivity contribution in [2.24, 2.45) is 5.73 Å². The van der Waals surface area contributed by atoms with Gasteiger partial charge in [0.05, 0.1) is 11.0 Å². The van der Waals surface area contributed by atoms with Gasteiger partial charge in [-0.15, -0.1) is 0 Å². The highest BCUT2D eigenvalue weighted by Gasteiger charge is 2.56. The number of halogens is 3. The van der Waals surface area contributed by atoms with Crippen LogP contribution in [-0.4, -0.2) is 60.8 Å². The molecule has 2 bridgehead atoms. The Hall–Kier alpha value is -2.60. The van der Waals surface area contributed by atoms with Crippen molar-refractivity contribution in [3.8, 4) is 5.75 Å². The van der Waals surface area contributed by atoms with Crippen molar-refractivity contribution in [2.75, 3.05) is 7.05 Å². The second-order valence-electron chi connectivity index (χ2n) is 12.1. The second-order valence-corrected chi connectivity index (χ2v) is 15.0. The third kappa shape index (κ3) is 5.81. The van der Waals surface area contributed by atoms with Crippen LogP contribution in [0.15, 0.2) is 70.0 Å². The summed E-state index contributed by atoms with van der Waals surface area (Å²) in [7, 11) is -3.45. The van der Waals surface area contributed by atoms with E-state index in [9.17, 15) is 13.2 Å². The average Bonchev–Trinajstić information content (AvgIpc) is 3.58. The number of amides is 1. The molecule has 3 aromatic carbocycles. The van der Waals surface area contributed by atoms with Crippen LogP contribution in [0.3, 0.4) is 0 Å². The van der Waals surface area contributed by atoms with Crippen LogP contribution >= 0.6 is 15.9 Å². The summed E-state index contributed by atoms with van der Waals surface area (Å²) >= 11 is 3.26. The number of alkyl halides is 2. The van der Waals surface area contributed by atoms with Gasteiger partial charge in [0.2, 0.25) is 15.9 Å². The number of benzene rings is 3. The zero-order valence-corrected chi connectivity index (χ0v) is 26.4. The van der Waals surface area contributed by atoms with Gasteiger partial charge in [-0.05, 0) is 98.5 Å². The van der Waals surface area contributed by atoms with E-state index < -0.39 is 33.5 Å². The van der Waals surface area contributed by atoms with Gasteiger partial charge in [0, 0.05) is 35.2 Å². The lowest BCUT2D eigenvalue weighted by molar-refractivity contribution is -0.154. The van der Waals surface area contributed by atoms with E-state index >= 15 is 8.78 Å². The topological polar surface area (TPSA) is 92.9 Å². The molecule has 2 N–H and O–H groups in total. The molecule has 11 heteroatoms. The molecule has 2 heterocycles. The zero-order valence-electron chi connectivity index (χ0n) is 24.0. The fourth-order valence-corrected chi connectivity index (χ4v) is 8.64. The molecule has 2 saturated heterocycles. The molecule has 3 aliphatic rings. The summed E-state index contributed by atoms with van der Waals surface area (Å²) in [6.45, 7) is 0. The van der Waals surface area contributed by atoms with Crippen molar-refractivity contribution in [1.82, 2.24) is 9.21 Å². The normalized spacial score (nSPS) is 23.7. The van der Waals surface area contributed by atoms with Gasteiger partial charge in [-0.1, -0.05) is 40.2 Å². The molecule has 3 unspecified atom stereocenters. The molecule has 230 valence electrons. The first-order valence-electron chi connectivity index (χ1n) is 14.9. The van der Waals surface area contributed by atoms with Crippen LogP contribution in [0.2, 0.25) is 0 Å². The molecule has 1 aliphatic carbocycles. The number of nitrogens with zero attached hydrogens (tertiary/aromatic N) is 2. The summed E-state index contributed by atoms with van der Waals surface area (Å²) in [5, 5.41) is 1.39. The number of nitrogens with two attached hydrogens (primary N) is 1. The smallest absolute Gasteiger partial charge is 0.298 e. The highest BCUT2D eigenvalue weighted by atomic mass is 79.9. The first-order valence-corrected chi connectivity index (χ1v) is 17.1. The highest BCUT2D eigenvalue weighted by Crippen LogP contribution is 2.42. The van der Waals surface area contributed by atoms with E-state index in [0.717, 1.165) is 38.1 Å². The summed E-state index contributed by atoms with van der Waals surface area (Å²) in [5.41, 5.74) is 5.74. The minimum absolute atomic E-state index is 0.116. The quantitative estimate of drug-likeness (QED) is 0.308. The standard InChI is InChI=1S/C32H36BrF2N3O4S/c1-37(43(40,41)29-15-7-20-16-28(14-6-21(20)17-29)42-27-4-2-3-5-27)30(32(34,35)22-8-10-23(33)11-9-22)31(39)38-25-12-13-26(38)19-24(36)18-25/h6-11,14-17,24-27,30H,2-5,12-13,18-19,36H2,1H3. The monoisotopic (exact) mass is 675 g/mol. The van der Waals surface area contributed by atoms with E-state index in [1.807, 2.05) is 6.07 Å². The van der Waals surface area contributed by atoms with E-state index in [1.54, 1.807) is 18.2 Å². The molecule has 0 aromatic heterocycles. The molecule has 1 amide bonds. The van der Waals surface area contributed by atoms with Crippen LogP contribution in [0.1, 0.15) is 56.9 Å². The van der Waals surface area contributed by atoms with Crippen molar-refractivity contribution in [2.45, 2.75) is 92.5 Å². The Morgan fingerprint density at radius 3 is 2.23 bits per heavy atom. The molecule has 43 heavy (non-hydrogen) atoms. The number of hydrogen-bond donors (Lipinski definition) is 1. The third-order valence-corrected chi connectivity index (χ3v) is 11.6. The largest absolute Gasteiger partial charge is 0.490 e. The summed E-state index contributed by atoms with van der Waals surface area (Å²) < 4.78 is 68.2. The Bertz CT molecular complexity index is 1600. The van der Waals surface area contributed by atoms with Gasteiger partial charge in [-0.3, -0.25) is 4.79 Å². The fourth-order valence-electron chi connectivity index (χ4n) is 7.03. The Balaban J connectivity index is 1.35. The maximum Gasteiger partial charge on any atom is 0.298 e. The molecule has 0 radical (unpaired) electrons. The van der Waals surface area contributed by atoms with Crippen LogP contribution in [0.4, 0.5) is 8.78 Å². The Morgan fingerprint density at radius 2 is 1.58 bits per heavy atom. The van der Waals surface area contributed by atoms with E-state index in [-0.39, 0.29) is 29.1 Å². The van der Waals surface area contributed by atoms with Gasteiger partial charge in [0.15, 0.2) is 6.04 Å². The predicted molar refractivity (Wildman–Crippen MR) is 164 cm³/mol. The van der Waals surface area contributed by atoms with Crippen LogP contribution in [0.5, 0.6) is 5.75 Å². The van der Waals surface area contributed by atoms with Crippen molar-refractivity contribution < 1.29 is 26.7 Å². The summed E-state index contributed by atoms with van der Waals surface area (Å²) in [5.74, 6) is -4.00. The molecule has 3 fully saturated rings. The van der Waals surface area contributed by atoms with Crippen LogP contribution in [0, 0.1) is 0 Å². The van der Waals surface area contributed by atoms with Crippen molar-refractivity contribution >= 4 is 42.6 Å². The molecular weight excluding hydrogens is 640 g/mol. The van der Waals surface area contributed by atoms with E-state index in [4.69, 9.17) is 10.5 Å². The maximum absolute atomic E-state index is 16.5. The first-order chi connectivity index (χ1) is 20.4. The highest BCUT2D eigenvalue weighted by molar-refractivity contribution is 9.10. The lowest BCUT2D eigenvalue weighted by Gasteiger charge is -2.42. The Kier molecular flexibility index (Phi) is 8.29. The zero-order chi connectivity index (χ0) is 30.5. The number of sulfonamides is 1. The van der Waals surface area contributed by atoms with Crippen molar-refractivity contribution in [1.29, 1.82) is 0 Å². The summed E-state index contributed by atoms with van der Waals surface area (Å²) in [4.78, 5) is 15.5. The lowest BCUT2D eigenvalue weighted by Crippen LogP contribution is -2.61. The number of ether oxygens (including phenoxy) is 1. The van der Waals surface area contributed by atoms with Gasteiger partial charge < -0.3 is 15.4 Å². The molecule has 1 saturated carbocycles. The number of rotatable bonds is 8. The summed E-state index contributed by atoms with van der Waals surface area (Å²) in [6, 6.07) is 12.3. The number of carbonyl (C=O) groups is 1. The van der Waals surface area contributed by atoms with Gasteiger partial charge in [-0.25, -0.2) is 8.42 Å². The molecule has 2 aliphatic heterocycles. The average molecular weight is 677 g/mol. The third-order valence-electron chi connectivity index (χ3n) is 9.26. The molecule has 3 atom stereocenters. The number of hydrogen-bond acceptors (Lipinski definition) is 5. The summed E-state index contributed by atoms with van der Waals surface area (Å²) in [6.07, 6.45) is 6.82. The van der Waals surface area contributed by atoms with Crippen molar-refractivity contribution in [3.63, 3.8) is 0 Å². The number of fused-ring (bicyclic) bond motifs is 3. The molecule has 6 rings (SSSR count). The minimum atomic E-state index is -4.53. The maximum atomic E-state index is 16.5. The number of likely N-dealkylation sites (N-methyl/N-ethyl adjacent to an activating group) is 1. The van der Waals surface area contributed by atoms with Crippen LogP contribution in [0.25, 0.3) is 10.8 Å². The number of piperidine rings is 1. The lowest BCUT2D eigenvalue weighted by atomic mass is 9.94. The Labute approximate surface area is 259 Å². The SMILES string of the molecule is CN(C(C(=O)N1C2CCC1CC(N)C2)C(F)(F)c1ccc(Br)cc1)S(=O)(=O)c1ccc2cc(OC3CCCC3)ccc2c1. The fraction of sp³-hybridized carbons (Fsp3) is 0.469. The minimum Gasteiger partial charge on any atom is -0.490 e. The molecule has 0 spiro atoms. The van der Waals surface area contributed by atoms with Gasteiger partial charge in [0.25, 0.3) is 5.92 Å². The molecule has 3 aromatic rings. The van der Waals surface area contributed by atoms with Crippen molar-refractivity contribution in [3.05, 3.63) is 70.7 Å². The van der Waals surface area contributed by atoms with Crippen LogP contribution in [-0.2, 0) is 20.7 Å². The van der Waals surface area contributed by atoms with Gasteiger partial charge >= 0.3 is 0 Å². The second kappa shape index (κ2) is 11.7. The predicted octanol–water partition coefficient (Wildman–Crippen LogP) is 6.19. The molecular formula is C32H36BrF2N3O4S. The number of carbonyl (C=O) groups excluding carboxylic acids is 1. The van der Waals surface area contributed by atoms with Gasteiger partial charge in [-0.2, -0.15) is 13.1 Å². The molecule has 7 nitrogen and oxygen atoms in total.